The van der Waals surface area contributed by atoms with Gasteiger partial charge in [0.05, 0.1) is 12.0 Å². The third-order valence-corrected chi connectivity index (χ3v) is 1.62. The number of nitrogens with one attached hydrogen (secondary N) is 1. The van der Waals surface area contributed by atoms with Gasteiger partial charge in [0.1, 0.15) is 0 Å². The first-order chi connectivity index (χ1) is 5.06. The van der Waals surface area contributed by atoms with E-state index in [1.54, 1.807) is 0 Å². The Bertz CT molecular complexity index is 209. The summed E-state index contributed by atoms with van der Waals surface area (Å²) in [6.45, 7) is 0.551. The van der Waals surface area contributed by atoms with E-state index in [4.69, 9.17) is 9.66 Å². The molecule has 0 saturated heterocycles. The Labute approximate surface area is 65.5 Å². The summed E-state index contributed by atoms with van der Waals surface area (Å²) in [5.41, 5.74) is 0. The van der Waals surface area contributed by atoms with Crippen molar-refractivity contribution in [1.82, 2.24) is 5.32 Å². The van der Waals surface area contributed by atoms with Gasteiger partial charge in [0.25, 0.3) is 10.1 Å². The minimum absolute atomic E-state index is 0.170. The third kappa shape index (κ3) is 9.41. The molecule has 0 aromatic carbocycles. The quantitative estimate of drug-likeness (QED) is 0.303. The molecule has 0 heterocycles. The van der Waals surface area contributed by atoms with E-state index >= 15 is 0 Å². The molecule has 66 valence electrons. The van der Waals surface area contributed by atoms with Gasteiger partial charge in [-0.1, -0.05) is 0 Å². The number of rotatable bonds is 5. The lowest BCUT2D eigenvalue weighted by Gasteiger charge is -1.97. The second-order valence-corrected chi connectivity index (χ2v) is 3.45. The zero-order valence-corrected chi connectivity index (χ0v) is 6.71. The van der Waals surface area contributed by atoms with E-state index < -0.39 is 10.1 Å². The maximum atomic E-state index is 10.1. The van der Waals surface area contributed by atoms with Crippen molar-refractivity contribution in [3.63, 3.8) is 0 Å². The van der Waals surface area contributed by atoms with Gasteiger partial charge in [-0.25, -0.2) is 0 Å². The van der Waals surface area contributed by atoms with E-state index in [1.807, 2.05) is 0 Å². The summed E-state index contributed by atoms with van der Waals surface area (Å²) in [5.74, 6) is -0.313. The third-order valence-electron chi connectivity index (χ3n) is 0.904. The number of hydrogen-bond donors (Lipinski definition) is 3. The fraction of sp³-hybridized carbons (Fsp3) is 0.600. The Morgan fingerprint density at radius 3 is 2.55 bits per heavy atom. The van der Waals surface area contributed by atoms with E-state index in [2.05, 4.69) is 5.32 Å². The van der Waals surface area contributed by atoms with Crippen LogP contribution < -0.4 is 5.32 Å². The Balaban J connectivity index is 3.29. The van der Waals surface area contributed by atoms with Crippen LogP contribution in [0.3, 0.4) is 0 Å². The Morgan fingerprint density at radius 2 is 2.09 bits per heavy atom. The van der Waals surface area contributed by atoms with Crippen LogP contribution in [0.5, 0.6) is 0 Å². The van der Waals surface area contributed by atoms with Gasteiger partial charge in [-0.3, -0.25) is 4.55 Å². The van der Waals surface area contributed by atoms with Crippen LogP contribution in [-0.4, -0.2) is 36.9 Å². The van der Waals surface area contributed by atoms with Crippen molar-refractivity contribution in [3.05, 3.63) is 12.3 Å². The minimum Gasteiger partial charge on any atom is -0.516 e. The van der Waals surface area contributed by atoms with Crippen molar-refractivity contribution in [2.75, 3.05) is 18.8 Å². The first kappa shape index (κ1) is 10.4. The SMILES string of the molecule is O=S(=O)(O)CCNCC=CO. The highest BCUT2D eigenvalue weighted by Gasteiger charge is 2.01. The molecule has 0 aliphatic heterocycles. The van der Waals surface area contributed by atoms with Gasteiger partial charge in [-0.05, 0) is 6.08 Å². The molecule has 0 radical (unpaired) electrons. The van der Waals surface area contributed by atoms with Crippen LogP contribution in [0.1, 0.15) is 0 Å². The normalized spacial score (nSPS) is 12.5. The van der Waals surface area contributed by atoms with Gasteiger partial charge in [-0.15, -0.1) is 0 Å². The monoisotopic (exact) mass is 181 g/mol. The van der Waals surface area contributed by atoms with Crippen LogP contribution >= 0.6 is 0 Å². The van der Waals surface area contributed by atoms with Crippen molar-refractivity contribution >= 4 is 10.1 Å². The average Bonchev–Trinajstić information content (AvgIpc) is 1.85. The summed E-state index contributed by atoms with van der Waals surface area (Å²) in [7, 11) is -3.86. The molecule has 0 aliphatic rings. The largest absolute Gasteiger partial charge is 0.516 e. The highest BCUT2D eigenvalue weighted by molar-refractivity contribution is 7.85. The molecule has 0 rings (SSSR count). The molecule has 11 heavy (non-hydrogen) atoms. The van der Waals surface area contributed by atoms with E-state index in [0.29, 0.717) is 6.54 Å². The predicted molar refractivity (Wildman–Crippen MR) is 41.1 cm³/mol. The van der Waals surface area contributed by atoms with Crippen molar-refractivity contribution in [1.29, 1.82) is 0 Å². The van der Waals surface area contributed by atoms with E-state index in [9.17, 15) is 8.42 Å². The molecule has 6 heteroatoms. The fourth-order valence-electron chi connectivity index (χ4n) is 0.439. The van der Waals surface area contributed by atoms with Gasteiger partial charge in [-0.2, -0.15) is 8.42 Å². The van der Waals surface area contributed by atoms with Crippen molar-refractivity contribution in [2.24, 2.45) is 0 Å². The zero-order valence-electron chi connectivity index (χ0n) is 5.90. The van der Waals surface area contributed by atoms with Crippen LogP contribution in [0.4, 0.5) is 0 Å². The van der Waals surface area contributed by atoms with Gasteiger partial charge in [0, 0.05) is 13.1 Å². The van der Waals surface area contributed by atoms with Gasteiger partial charge in [0.2, 0.25) is 0 Å². The lowest BCUT2D eigenvalue weighted by Crippen LogP contribution is -2.22. The highest BCUT2D eigenvalue weighted by atomic mass is 32.2. The molecule has 0 aromatic heterocycles. The lowest BCUT2D eigenvalue weighted by atomic mass is 10.6. The molecule has 0 amide bonds. The summed E-state index contributed by atoms with van der Waals surface area (Å²) >= 11 is 0. The standard InChI is InChI=1S/C5H11NO4S/c7-4-1-2-6-3-5-11(8,9)10/h1,4,6-7H,2-3,5H2,(H,8,9,10). The van der Waals surface area contributed by atoms with Gasteiger partial charge < -0.3 is 10.4 Å². The van der Waals surface area contributed by atoms with Gasteiger partial charge >= 0.3 is 0 Å². The number of hydrogen-bond acceptors (Lipinski definition) is 4. The summed E-state index contributed by atoms with van der Waals surface area (Å²) in [6.07, 6.45) is 2.28. The number of aliphatic hydroxyl groups is 1. The Hall–Kier alpha value is -0.590. The van der Waals surface area contributed by atoms with Crippen LogP contribution in [0.25, 0.3) is 0 Å². The molecular weight excluding hydrogens is 170 g/mol. The fourth-order valence-corrected chi connectivity index (χ4v) is 0.842. The van der Waals surface area contributed by atoms with Crippen molar-refractivity contribution < 1.29 is 18.1 Å². The highest BCUT2D eigenvalue weighted by Crippen LogP contribution is 1.78. The van der Waals surface area contributed by atoms with Gasteiger partial charge in [0.15, 0.2) is 0 Å². The number of aliphatic hydroxyl groups excluding tert-OH is 1. The topological polar surface area (TPSA) is 86.6 Å². The average molecular weight is 181 g/mol. The predicted octanol–water partition coefficient (Wildman–Crippen LogP) is -0.464. The molecule has 0 spiro atoms. The molecule has 0 unspecified atom stereocenters. The zero-order chi connectivity index (χ0) is 8.74. The minimum atomic E-state index is -3.86. The second kappa shape index (κ2) is 5.11. The lowest BCUT2D eigenvalue weighted by molar-refractivity contribution is 0.470. The molecule has 0 saturated carbocycles. The van der Waals surface area contributed by atoms with Crippen molar-refractivity contribution in [3.8, 4) is 0 Å². The summed E-state index contributed by atoms with van der Waals surface area (Å²) in [5, 5.41) is 10.8. The molecule has 0 aromatic rings. The Morgan fingerprint density at radius 1 is 1.45 bits per heavy atom. The molecular formula is C5H11NO4S. The summed E-state index contributed by atoms with van der Waals surface area (Å²) < 4.78 is 28.5. The smallest absolute Gasteiger partial charge is 0.266 e. The van der Waals surface area contributed by atoms with E-state index in [-0.39, 0.29) is 12.3 Å². The molecule has 5 nitrogen and oxygen atoms in total. The first-order valence-electron chi connectivity index (χ1n) is 3.01. The molecule has 0 fully saturated rings. The van der Waals surface area contributed by atoms with Crippen LogP contribution in [-0.2, 0) is 10.1 Å². The molecule has 0 bridgehead atoms. The maximum Gasteiger partial charge on any atom is 0.266 e. The molecule has 0 aliphatic carbocycles. The van der Waals surface area contributed by atoms with E-state index in [1.165, 1.54) is 6.08 Å². The molecule has 3 N–H and O–H groups in total. The second-order valence-electron chi connectivity index (χ2n) is 1.87. The van der Waals surface area contributed by atoms with Crippen LogP contribution in [0, 0.1) is 0 Å². The van der Waals surface area contributed by atoms with Crippen LogP contribution in [0.2, 0.25) is 0 Å². The summed E-state index contributed by atoms with van der Waals surface area (Å²) in [6, 6.07) is 0. The van der Waals surface area contributed by atoms with Crippen LogP contribution in [0.15, 0.2) is 12.3 Å². The first-order valence-corrected chi connectivity index (χ1v) is 4.62. The van der Waals surface area contributed by atoms with E-state index in [0.717, 1.165) is 6.26 Å². The maximum absolute atomic E-state index is 10.1. The molecule has 0 atom stereocenters. The van der Waals surface area contributed by atoms with Crippen molar-refractivity contribution in [2.45, 2.75) is 0 Å². The Kier molecular flexibility index (Phi) is 4.84. The summed E-state index contributed by atoms with van der Waals surface area (Å²) in [4.78, 5) is 0.